The molecule has 2 heterocycles. The number of urea groups is 1. The molecule has 0 aliphatic carbocycles. The molecule has 0 spiro atoms. The predicted octanol–water partition coefficient (Wildman–Crippen LogP) is 13.3. The van der Waals surface area contributed by atoms with Crippen LogP contribution < -0.4 is 25.4 Å². The summed E-state index contributed by atoms with van der Waals surface area (Å²) in [5.41, 5.74) is 0.728. The zero-order chi connectivity index (χ0) is 55.1. The lowest BCUT2D eigenvalue weighted by Crippen LogP contribution is -2.19. The van der Waals surface area contributed by atoms with Crippen LogP contribution in [0.5, 0.6) is 23.0 Å². The third-order valence-electron chi connectivity index (χ3n) is 10.0. The summed E-state index contributed by atoms with van der Waals surface area (Å²) in [5, 5.41) is 6.43. The van der Waals surface area contributed by atoms with Gasteiger partial charge in [0.2, 0.25) is 0 Å². The minimum atomic E-state index is -4.64. The number of nitrogens with zero attached hydrogens (tertiary/aromatic N) is 2. The molecule has 0 radical (unpaired) electrons. The molecule has 7 rings (SSSR count). The van der Waals surface area contributed by atoms with Crippen molar-refractivity contribution in [3.63, 3.8) is 0 Å². The number of carbonyl (C=O) groups excluding carboxylic acids is 4. The largest absolute Gasteiger partial charge is 0.457 e. The maximum Gasteiger partial charge on any atom is 0.417 e. The summed E-state index contributed by atoms with van der Waals surface area (Å²) in [7, 11) is -2.53. The fourth-order valence-electron chi connectivity index (χ4n) is 6.33. The molecule has 392 valence electrons. The maximum atomic E-state index is 13.0. The number of aromatic nitrogens is 2. The number of benzene rings is 5. The van der Waals surface area contributed by atoms with Crippen LogP contribution in [0.25, 0.3) is 0 Å². The molecule has 0 aliphatic rings. The molecule has 4 N–H and O–H groups in total. The first-order valence-corrected chi connectivity index (χ1v) is 24.1. The Balaban J connectivity index is 0.000000231. The molecule has 23 heteroatoms. The van der Waals surface area contributed by atoms with Crippen molar-refractivity contribution >= 4 is 68.2 Å². The van der Waals surface area contributed by atoms with Gasteiger partial charge in [0.25, 0.3) is 16.0 Å². The Hall–Kier alpha value is -7.85. The number of halogens is 8. The van der Waals surface area contributed by atoms with Crippen molar-refractivity contribution in [2.45, 2.75) is 50.4 Å². The highest BCUT2D eigenvalue weighted by Crippen LogP contribution is 2.37. The highest BCUT2D eigenvalue weighted by molar-refractivity contribution is 7.85. The Morgan fingerprint density at radius 3 is 1.60 bits per heavy atom. The Morgan fingerprint density at radius 2 is 1.07 bits per heavy atom. The average Bonchev–Trinajstić information content (AvgIpc) is 3.35. The number of alkyl halides is 6. The number of hydrogen-bond donors (Lipinski definition) is 4. The van der Waals surface area contributed by atoms with Crippen molar-refractivity contribution < 1.29 is 68.0 Å². The van der Waals surface area contributed by atoms with Gasteiger partial charge in [0.05, 0.1) is 26.1 Å². The zero-order valence-electron chi connectivity index (χ0n) is 39.5. The number of rotatable bonds is 14. The molecular formula is C52H43Cl2F6N5O9S. The third kappa shape index (κ3) is 18.2. The maximum absolute atomic E-state index is 13.0. The van der Waals surface area contributed by atoms with Crippen LogP contribution in [-0.4, -0.2) is 53.5 Å². The van der Waals surface area contributed by atoms with E-state index in [0.29, 0.717) is 46.4 Å². The van der Waals surface area contributed by atoms with E-state index >= 15 is 0 Å². The summed E-state index contributed by atoms with van der Waals surface area (Å²) in [5.74, 6) is 1.11. The van der Waals surface area contributed by atoms with Crippen LogP contribution in [0.3, 0.4) is 0 Å². The molecule has 7 aromatic rings. The molecule has 5 aromatic carbocycles. The molecule has 2 aromatic heterocycles. The van der Waals surface area contributed by atoms with Crippen molar-refractivity contribution in [2.24, 2.45) is 0 Å². The van der Waals surface area contributed by atoms with Crippen LogP contribution in [0.2, 0.25) is 10.0 Å². The number of carbonyl (C=O) groups is 4. The number of aryl methyl sites for hydroxylation is 1. The second kappa shape index (κ2) is 25.9. The SMILES string of the molecule is CCC(=O)c1cc(Oc2ccc(CC(=O)Cc3ccc(Cl)c(C(F)(F)F)c3)cc2)ccn1.CNC(=O)c1cc(Oc2ccc(NC(=O)Nc3ccc(Cl)c(C(F)(F)F)c3)cc2)ccn1.Cc1ccc(S(=O)(=O)O)cc1. The molecule has 0 fully saturated rings. The van der Waals surface area contributed by atoms with Crippen LogP contribution in [-0.2, 0) is 40.1 Å². The van der Waals surface area contributed by atoms with Gasteiger partial charge >= 0.3 is 18.4 Å². The Kier molecular flexibility index (Phi) is 20.0. The van der Waals surface area contributed by atoms with Gasteiger partial charge in [-0.2, -0.15) is 34.8 Å². The molecular weight excluding hydrogens is 1060 g/mol. The van der Waals surface area contributed by atoms with Crippen molar-refractivity contribution in [3.8, 4) is 23.0 Å². The standard InChI is InChI=1S/C24H19ClF3NO3.C21H16ClF3N4O3.C7H8O3S/c1-2-23(31)22-14-19(9-10-29-22)32-18-6-3-15(4-7-18)11-17(30)12-16-5-8-21(25)20(13-16)24(26,27)28;1-26-19(30)18-11-15(8-9-27-18)32-14-5-2-12(3-6-14)28-20(31)29-13-4-7-17(22)16(10-13)21(23,24)25;1-6-2-4-7(5-3-6)11(8,9)10/h3-10,13-14H,2,11-12H2,1H3;2-11H,1H3,(H,26,30)(H2,28,29,31);2-5H,1H3,(H,8,9,10). The highest BCUT2D eigenvalue weighted by atomic mass is 35.5. The molecule has 0 bridgehead atoms. The average molecular weight is 1100 g/mol. The van der Waals surface area contributed by atoms with Crippen molar-refractivity contribution in [1.82, 2.24) is 15.3 Å². The number of anilines is 2. The quantitative estimate of drug-likeness (QED) is 0.0458. The van der Waals surface area contributed by atoms with Crippen molar-refractivity contribution in [2.75, 3.05) is 17.7 Å². The lowest BCUT2D eigenvalue weighted by atomic mass is 10.0. The minimum absolute atomic E-state index is 0.0642. The van der Waals surface area contributed by atoms with Crippen LogP contribution in [0, 0.1) is 6.92 Å². The van der Waals surface area contributed by atoms with Gasteiger partial charge in [-0.3, -0.25) is 28.9 Å². The van der Waals surface area contributed by atoms with Gasteiger partial charge in [0.1, 0.15) is 40.2 Å². The summed E-state index contributed by atoms with van der Waals surface area (Å²) in [6.07, 6.45) is -6.03. The molecule has 0 saturated carbocycles. The van der Waals surface area contributed by atoms with Gasteiger partial charge in [-0.25, -0.2) is 4.79 Å². The van der Waals surface area contributed by atoms with Crippen LogP contribution in [0.1, 0.15) is 62.1 Å². The predicted molar refractivity (Wildman–Crippen MR) is 268 cm³/mol. The molecule has 0 unspecified atom stereocenters. The number of Topliss-reactive ketones (excluding diaryl/α,β-unsaturated/α-hetero) is 2. The van der Waals surface area contributed by atoms with Crippen LogP contribution >= 0.6 is 23.2 Å². The fourth-order valence-corrected chi connectivity index (χ4v) is 7.26. The Morgan fingerprint density at radius 1 is 0.600 bits per heavy atom. The van der Waals surface area contributed by atoms with Crippen LogP contribution in [0.15, 0.2) is 151 Å². The smallest absolute Gasteiger partial charge is 0.417 e. The number of pyridine rings is 2. The number of ketones is 2. The topological polar surface area (TPSA) is 203 Å². The molecule has 3 amide bonds. The lowest BCUT2D eigenvalue weighted by molar-refractivity contribution is -0.138. The van der Waals surface area contributed by atoms with E-state index in [9.17, 15) is 53.9 Å². The normalized spacial score (nSPS) is 11.1. The van der Waals surface area contributed by atoms with Crippen LogP contribution in [0.4, 0.5) is 42.5 Å². The molecule has 0 aliphatic heterocycles. The van der Waals surface area contributed by atoms with E-state index in [1.165, 1.54) is 49.8 Å². The third-order valence-corrected chi connectivity index (χ3v) is 11.6. The van der Waals surface area contributed by atoms with E-state index in [1.54, 1.807) is 85.8 Å². The molecule has 14 nitrogen and oxygen atoms in total. The van der Waals surface area contributed by atoms with Gasteiger partial charge in [-0.15, -0.1) is 0 Å². The number of nitrogens with one attached hydrogen (secondary N) is 3. The second-order valence-corrected chi connectivity index (χ2v) is 18.0. The van der Waals surface area contributed by atoms with E-state index in [-0.39, 0.29) is 52.2 Å². The number of amides is 3. The van der Waals surface area contributed by atoms with E-state index in [0.717, 1.165) is 29.8 Å². The zero-order valence-corrected chi connectivity index (χ0v) is 41.8. The molecule has 0 atom stereocenters. The van der Waals surface area contributed by atoms with Crippen molar-refractivity contribution in [3.05, 3.63) is 195 Å². The Labute approximate surface area is 435 Å². The van der Waals surface area contributed by atoms with E-state index < -0.39 is 49.7 Å². The molecule has 75 heavy (non-hydrogen) atoms. The first-order valence-electron chi connectivity index (χ1n) is 21.9. The summed E-state index contributed by atoms with van der Waals surface area (Å²) in [4.78, 5) is 55.8. The fraction of sp³-hybridized carbons (Fsp3) is 0.154. The second-order valence-electron chi connectivity index (χ2n) is 15.7. The monoisotopic (exact) mass is 1100 g/mol. The summed E-state index contributed by atoms with van der Waals surface area (Å²) < 4.78 is 119. The number of hydrogen-bond acceptors (Lipinski definition) is 10. The molecule has 0 saturated heterocycles. The summed E-state index contributed by atoms with van der Waals surface area (Å²) in [6.45, 7) is 3.59. The summed E-state index contributed by atoms with van der Waals surface area (Å²) in [6, 6.07) is 31.0. The van der Waals surface area contributed by atoms with E-state index in [2.05, 4.69) is 25.9 Å². The van der Waals surface area contributed by atoms with Gasteiger partial charge in [-0.05, 0) is 109 Å². The first kappa shape index (κ1) is 58.0. The van der Waals surface area contributed by atoms with E-state index in [1.807, 2.05) is 6.92 Å². The Bertz CT molecular complexity index is 3080. The summed E-state index contributed by atoms with van der Waals surface area (Å²) >= 11 is 11.2. The van der Waals surface area contributed by atoms with E-state index in [4.69, 9.17) is 37.2 Å². The van der Waals surface area contributed by atoms with Gasteiger partial charge in [0, 0.05) is 62.2 Å². The van der Waals surface area contributed by atoms with Gasteiger partial charge < -0.3 is 25.4 Å². The van der Waals surface area contributed by atoms with Crippen molar-refractivity contribution in [1.29, 1.82) is 0 Å². The number of ether oxygens (including phenoxy) is 2. The van der Waals surface area contributed by atoms with Gasteiger partial charge in [-0.1, -0.05) is 66.0 Å². The highest BCUT2D eigenvalue weighted by Gasteiger charge is 2.34. The van der Waals surface area contributed by atoms with Gasteiger partial charge in [0.15, 0.2) is 5.78 Å². The lowest BCUT2D eigenvalue weighted by Gasteiger charge is -2.12. The first-order chi connectivity index (χ1) is 35.3. The minimum Gasteiger partial charge on any atom is -0.457 e.